The Morgan fingerprint density at radius 1 is 0.667 bits per heavy atom. The smallest absolute Gasteiger partial charge is 0.243 e. The van der Waals surface area contributed by atoms with Crippen LogP contribution < -0.4 is 0 Å². The maximum atomic E-state index is 13.4. The van der Waals surface area contributed by atoms with E-state index in [1.54, 1.807) is 4.74 Å². The molecule has 0 N–H and O–H groups in total. The summed E-state index contributed by atoms with van der Waals surface area (Å²) in [6.45, 7) is 0. The van der Waals surface area contributed by atoms with Crippen molar-refractivity contribution < 1.29 is 66.2 Å². The molecule has 1 rings (SSSR count). The van der Waals surface area contributed by atoms with Gasteiger partial charge >= 0.3 is 41.1 Å². The largest absolute Gasteiger partial charge is 0.440 e. The first-order chi connectivity index (χ1) is 10.1. The van der Waals surface area contributed by atoms with Gasteiger partial charge in [-0.25, -0.2) is 9.13 Å². The first kappa shape index (κ1) is 21.5. The summed E-state index contributed by atoms with van der Waals surface area (Å²) >= 11 is 0.457. The molecule has 1 unspecified atom stereocenters. The zero-order valence-electron chi connectivity index (χ0n) is 10.0. The number of hydrogen-bond donors (Lipinski definition) is 0. The molecule has 0 bridgehead atoms. The van der Waals surface area contributed by atoms with Crippen LogP contribution in [0, 0.1) is 0 Å². The van der Waals surface area contributed by atoms with Gasteiger partial charge in [0.1, 0.15) is 0 Å². The molecule has 2 nitrogen and oxygen atoms in total. The lowest BCUT2D eigenvalue weighted by molar-refractivity contribution is -0.590. The molecule has 0 amide bonds. The molecule has 0 aliphatic carbocycles. The van der Waals surface area contributed by atoms with Crippen LogP contribution in [0.3, 0.4) is 0 Å². The van der Waals surface area contributed by atoms with Gasteiger partial charge in [0, 0.05) is 0 Å². The van der Waals surface area contributed by atoms with Crippen molar-refractivity contribution in [3.05, 3.63) is 0 Å². The van der Waals surface area contributed by atoms with Crippen LogP contribution in [-0.4, -0.2) is 46.0 Å². The fourth-order valence-electron chi connectivity index (χ4n) is 1.38. The SMILES string of the molecule is FC(F)(F)C(F)(Br)C(F)(F)N1C(F)(F)C(F)(F)OC(F)(F)C1(F)F. The molecule has 0 aromatic carbocycles. The van der Waals surface area contributed by atoms with E-state index in [2.05, 4.69) is 0 Å². The number of morpholine rings is 1. The van der Waals surface area contributed by atoms with E-state index in [1.807, 2.05) is 0 Å². The van der Waals surface area contributed by atoms with Crippen LogP contribution in [0.25, 0.3) is 0 Å². The van der Waals surface area contributed by atoms with Crippen LogP contribution in [0.15, 0.2) is 0 Å². The second kappa shape index (κ2) is 4.99. The van der Waals surface area contributed by atoms with E-state index in [1.165, 1.54) is 0 Å². The molecular formula is C7BrF14NO. The average molecular weight is 460 g/mol. The Morgan fingerprint density at radius 2 is 0.958 bits per heavy atom. The van der Waals surface area contributed by atoms with Crippen molar-refractivity contribution in [3.8, 4) is 0 Å². The molecule has 17 heteroatoms. The highest BCUT2D eigenvalue weighted by molar-refractivity contribution is 9.10. The van der Waals surface area contributed by atoms with Gasteiger partial charge in [-0.1, -0.05) is 0 Å². The Kier molecular flexibility index (Phi) is 4.46. The molecule has 0 aromatic rings. The predicted molar refractivity (Wildman–Crippen MR) is 46.5 cm³/mol. The zero-order chi connectivity index (χ0) is 19.8. The van der Waals surface area contributed by atoms with Crippen molar-refractivity contribution in [2.75, 3.05) is 0 Å². The lowest BCUT2D eigenvalue weighted by Gasteiger charge is -2.50. The number of hydrogen-bond acceptors (Lipinski definition) is 2. The summed E-state index contributed by atoms with van der Waals surface area (Å²) in [7, 11) is 0. The van der Waals surface area contributed by atoms with E-state index in [9.17, 15) is 61.5 Å². The maximum Gasteiger partial charge on any atom is 0.440 e. The van der Waals surface area contributed by atoms with E-state index < -0.39 is 46.0 Å². The van der Waals surface area contributed by atoms with Crippen molar-refractivity contribution in [1.29, 1.82) is 0 Å². The molecule has 24 heavy (non-hydrogen) atoms. The summed E-state index contributed by atoms with van der Waals surface area (Å²) in [6.07, 6.45) is -20.6. The second-order valence-electron chi connectivity index (χ2n) is 4.17. The van der Waals surface area contributed by atoms with Gasteiger partial charge < -0.3 is 0 Å². The third-order valence-corrected chi connectivity index (χ3v) is 3.46. The Labute approximate surface area is 129 Å². The third kappa shape index (κ3) is 2.53. The van der Waals surface area contributed by atoms with Gasteiger partial charge in [0.15, 0.2) is 0 Å². The summed E-state index contributed by atoms with van der Waals surface area (Å²) < 4.78 is 175. The van der Waals surface area contributed by atoms with Gasteiger partial charge in [0.2, 0.25) is 0 Å². The molecule has 0 spiro atoms. The lowest BCUT2D eigenvalue weighted by Crippen LogP contribution is -2.80. The van der Waals surface area contributed by atoms with E-state index in [0.717, 1.165) is 0 Å². The normalized spacial score (nSPS) is 29.1. The average Bonchev–Trinajstić information content (AvgIpc) is 2.21. The molecule has 0 aromatic heterocycles. The zero-order valence-corrected chi connectivity index (χ0v) is 11.6. The lowest BCUT2D eigenvalue weighted by atomic mass is 10.2. The molecule has 1 atom stereocenters. The minimum Gasteiger partial charge on any atom is -0.243 e. The topological polar surface area (TPSA) is 12.5 Å². The van der Waals surface area contributed by atoms with Crippen molar-refractivity contribution >= 4 is 15.9 Å². The van der Waals surface area contributed by atoms with E-state index in [0.29, 0.717) is 15.9 Å². The molecule has 1 heterocycles. The fourth-order valence-corrected chi connectivity index (χ4v) is 1.56. The molecular weight excluding hydrogens is 460 g/mol. The van der Waals surface area contributed by atoms with Gasteiger partial charge in [-0.15, -0.1) is 4.90 Å². The fraction of sp³-hybridized carbons (Fsp3) is 1.00. The van der Waals surface area contributed by atoms with E-state index >= 15 is 0 Å². The quantitative estimate of drug-likeness (QED) is 0.330. The standard InChI is InChI=1S/C7BrF14NO/c8-1(9,2(10,11)12)3(13,14)23-4(15,16)6(19,20)24-7(21,22)5(23,17)18. The van der Waals surface area contributed by atoms with Gasteiger partial charge in [0.05, 0.1) is 0 Å². The van der Waals surface area contributed by atoms with Crippen LogP contribution >= 0.6 is 15.9 Å². The van der Waals surface area contributed by atoms with Crippen molar-refractivity contribution in [1.82, 2.24) is 4.90 Å². The number of ether oxygens (including phenoxy) is 1. The summed E-state index contributed by atoms with van der Waals surface area (Å²) in [5.74, 6) is 0. The Balaban J connectivity index is 3.73. The summed E-state index contributed by atoms with van der Waals surface area (Å²) in [4.78, 5) is -3.88. The second-order valence-corrected chi connectivity index (χ2v) is 5.26. The molecule has 0 radical (unpaired) electrons. The highest BCUT2D eigenvalue weighted by Gasteiger charge is 2.91. The third-order valence-electron chi connectivity index (χ3n) is 2.53. The molecule has 0 saturated carbocycles. The van der Waals surface area contributed by atoms with Crippen molar-refractivity contribution in [2.45, 2.75) is 41.1 Å². The van der Waals surface area contributed by atoms with Crippen LogP contribution in [0.5, 0.6) is 0 Å². The van der Waals surface area contributed by atoms with Crippen LogP contribution in [-0.2, 0) is 4.74 Å². The Morgan fingerprint density at radius 3 is 1.21 bits per heavy atom. The highest BCUT2D eigenvalue weighted by Crippen LogP contribution is 2.63. The predicted octanol–water partition coefficient (Wildman–Crippen LogP) is 4.91. The number of halogens is 15. The summed E-state index contributed by atoms with van der Waals surface area (Å²) in [5, 5.41) is 0. The molecule has 1 saturated heterocycles. The van der Waals surface area contributed by atoms with Crippen LogP contribution in [0.4, 0.5) is 61.5 Å². The summed E-state index contributed by atoms with van der Waals surface area (Å²) in [6, 6.07) is -21.7. The van der Waals surface area contributed by atoms with Gasteiger partial charge in [-0.05, 0) is 15.9 Å². The summed E-state index contributed by atoms with van der Waals surface area (Å²) in [5.41, 5.74) is 0. The molecule has 1 aliphatic rings. The van der Waals surface area contributed by atoms with Crippen LogP contribution in [0.2, 0.25) is 0 Å². The van der Waals surface area contributed by atoms with Crippen molar-refractivity contribution in [2.24, 2.45) is 0 Å². The number of nitrogens with zero attached hydrogens (tertiary/aromatic N) is 1. The van der Waals surface area contributed by atoms with E-state index in [4.69, 9.17) is 0 Å². The number of rotatable bonds is 2. The minimum atomic E-state index is -7.35. The minimum absolute atomic E-state index is 0.457. The highest BCUT2D eigenvalue weighted by atomic mass is 79.9. The Bertz CT molecular complexity index is 486. The van der Waals surface area contributed by atoms with E-state index in [-0.39, 0.29) is 0 Å². The van der Waals surface area contributed by atoms with Gasteiger partial charge in [-0.3, -0.25) is 0 Å². The maximum absolute atomic E-state index is 13.4. The number of alkyl halides is 15. The van der Waals surface area contributed by atoms with Gasteiger partial charge in [0.25, 0.3) is 0 Å². The molecule has 1 aliphatic heterocycles. The molecule has 144 valence electrons. The monoisotopic (exact) mass is 459 g/mol. The van der Waals surface area contributed by atoms with Crippen molar-refractivity contribution in [3.63, 3.8) is 0 Å². The Hall–Kier alpha value is -0.580. The first-order valence-corrected chi connectivity index (χ1v) is 5.71. The molecule has 1 fully saturated rings. The van der Waals surface area contributed by atoms with Crippen LogP contribution in [0.1, 0.15) is 0 Å². The van der Waals surface area contributed by atoms with Gasteiger partial charge in [-0.2, -0.15) is 57.1 Å². The first-order valence-electron chi connectivity index (χ1n) is 4.91.